The van der Waals surface area contributed by atoms with Crippen molar-refractivity contribution < 1.29 is 68.2 Å². The summed E-state index contributed by atoms with van der Waals surface area (Å²) in [4.78, 5) is 56.8. The number of aliphatic carboxylic acids is 4. The van der Waals surface area contributed by atoms with Gasteiger partial charge in [0.15, 0.2) is 17.7 Å². The van der Waals surface area contributed by atoms with Gasteiger partial charge in [0, 0.05) is 36.6 Å². The first-order chi connectivity index (χ1) is 24.1. The topological polar surface area (TPSA) is 267 Å². The third-order valence-electron chi connectivity index (χ3n) is 6.88. The molecule has 2 aromatic heterocycles. The standard InChI is InChI=1S/C27H36N6O5S.2C2H2O4/c1-30(2)18-21-5-6-22(38-21)19-39-14-9-28-27-25(33(34)35)7-8-26(29-27)32-12-10-31(11-13-32)20-15-23(36-3)17-24(16-20)37-4;2*3-1(4)2(5)6/h5-8,15-17H,9-14,18-19H2,1-4H3,(H,28,29);2*(H,3,4)(H,5,6). The van der Waals surface area contributed by atoms with Crippen LogP contribution in [0.25, 0.3) is 0 Å². The quantitative estimate of drug-likeness (QED) is 0.0516. The Morgan fingerprint density at radius 2 is 1.53 bits per heavy atom. The fourth-order valence-corrected chi connectivity index (χ4v) is 5.31. The van der Waals surface area contributed by atoms with Gasteiger partial charge >= 0.3 is 17.6 Å². The molecule has 1 saturated heterocycles. The molecule has 0 bridgehead atoms. The van der Waals surface area contributed by atoms with Crippen LogP contribution in [0, 0.1) is 10.1 Å². The van der Waals surface area contributed by atoms with Crippen LogP contribution >= 0.6 is 11.8 Å². The van der Waals surface area contributed by atoms with E-state index < -0.39 is 23.9 Å². The van der Waals surface area contributed by atoms with Gasteiger partial charge in [-0.05, 0) is 18.2 Å². The molecule has 1 aliphatic heterocycles. The van der Waals surface area contributed by atoms with Gasteiger partial charge in [-0.2, -0.15) is 11.8 Å². The van der Waals surface area contributed by atoms with Gasteiger partial charge in [0.2, 0.25) is 5.82 Å². The maximum absolute atomic E-state index is 11.6. The summed E-state index contributed by atoms with van der Waals surface area (Å²) >= 11 is 1.72. The van der Waals surface area contributed by atoms with Crippen molar-refractivity contribution in [1.29, 1.82) is 0 Å². The lowest BCUT2D eigenvalue weighted by Gasteiger charge is -2.33. The van der Waals surface area contributed by atoms with Crippen molar-refractivity contribution in [3.8, 4) is 11.5 Å². The fraction of sp³-hybridized carbons (Fsp3) is 0.387. The predicted molar refractivity (Wildman–Crippen MR) is 178 cm³/mol. The second-order valence-corrected chi connectivity index (χ2v) is 12.0. The number of carboxylic acids is 4. The van der Waals surface area contributed by atoms with Gasteiger partial charge in [0.1, 0.15) is 35.3 Å². The Kier molecular flexibility index (Phi) is 17.0. The molecular formula is C31H40N6O13S. The number of quaternary nitrogens is 2. The van der Waals surface area contributed by atoms with E-state index in [2.05, 4.69) is 29.3 Å². The average Bonchev–Trinajstić information content (AvgIpc) is 3.54. The van der Waals surface area contributed by atoms with E-state index in [-0.39, 0.29) is 10.6 Å². The maximum atomic E-state index is 11.6. The molecule has 0 amide bonds. The number of anilines is 2. The zero-order valence-corrected chi connectivity index (χ0v) is 29.1. The highest BCUT2D eigenvalue weighted by Gasteiger charge is 2.25. The summed E-state index contributed by atoms with van der Waals surface area (Å²) in [6.07, 6.45) is 0. The Bertz CT molecular complexity index is 1570. The van der Waals surface area contributed by atoms with E-state index in [1.54, 1.807) is 38.1 Å². The number of hydrogen-bond acceptors (Lipinski definition) is 15. The Labute approximate surface area is 296 Å². The smallest absolute Gasteiger partial charge is 0.351 e. The Morgan fingerprint density at radius 3 is 2.02 bits per heavy atom. The number of pyridine rings is 1. The number of benzene rings is 1. The van der Waals surface area contributed by atoms with E-state index in [0.717, 1.165) is 78.8 Å². The van der Waals surface area contributed by atoms with E-state index in [9.17, 15) is 10.1 Å². The van der Waals surface area contributed by atoms with Crippen LogP contribution in [0.3, 0.4) is 0 Å². The second kappa shape index (κ2) is 20.8. The molecule has 3 aromatic rings. The Balaban J connectivity index is 0.000000645. The number of nitrogens with one attached hydrogen (secondary N) is 3. The maximum Gasteiger partial charge on any atom is 0.351 e. The molecule has 0 aliphatic carbocycles. The number of nitrogens with zero attached hydrogens (tertiary/aromatic N) is 3. The number of piperazine rings is 1. The van der Waals surface area contributed by atoms with Crippen LogP contribution in [-0.2, 0) is 31.5 Å². The van der Waals surface area contributed by atoms with Gasteiger partial charge < -0.3 is 59.0 Å². The Hall–Kier alpha value is -5.60. The van der Waals surface area contributed by atoms with Gasteiger partial charge in [0.05, 0.1) is 65.2 Å². The van der Waals surface area contributed by atoms with E-state index in [4.69, 9.17) is 53.5 Å². The SMILES string of the molecule is COc1cc(OC)cc([NH+]2CCN(c3ccc([N+](=O)[O-])c(NCCSCc4ccc(C[NH+](C)C)o4)n3)CC2)c1.O=C([O-])C(=O)O.O=C([O-])C(=O)O. The zero-order chi connectivity index (χ0) is 38.1. The highest BCUT2D eigenvalue weighted by Crippen LogP contribution is 2.27. The molecule has 0 unspecified atom stereocenters. The number of aromatic nitrogens is 1. The van der Waals surface area contributed by atoms with Crippen LogP contribution in [-0.4, -0.2) is 111 Å². The van der Waals surface area contributed by atoms with Crippen LogP contribution < -0.4 is 39.7 Å². The first-order valence-corrected chi connectivity index (χ1v) is 16.4. The molecule has 1 aliphatic rings. The molecule has 1 fully saturated rings. The number of rotatable bonds is 13. The van der Waals surface area contributed by atoms with Crippen molar-refractivity contribution in [1.82, 2.24) is 4.98 Å². The number of methoxy groups -OCH3 is 2. The summed E-state index contributed by atoms with van der Waals surface area (Å²) in [7, 11) is 7.48. The minimum Gasteiger partial charge on any atom is -0.539 e. The van der Waals surface area contributed by atoms with E-state index >= 15 is 0 Å². The number of carboxylic acid groups (broad SMARTS) is 4. The molecule has 1 aromatic carbocycles. The van der Waals surface area contributed by atoms with Crippen LogP contribution in [0.15, 0.2) is 46.9 Å². The summed E-state index contributed by atoms with van der Waals surface area (Å²) in [5.74, 6) is -2.00. The molecule has 0 spiro atoms. The summed E-state index contributed by atoms with van der Waals surface area (Å²) in [6, 6.07) is 13.3. The summed E-state index contributed by atoms with van der Waals surface area (Å²) in [5.41, 5.74) is 1.10. The third kappa shape index (κ3) is 14.4. The minimum atomic E-state index is -2.07. The zero-order valence-electron chi connectivity index (χ0n) is 28.3. The van der Waals surface area contributed by atoms with E-state index in [1.807, 2.05) is 30.3 Å². The van der Waals surface area contributed by atoms with Crippen molar-refractivity contribution in [3.63, 3.8) is 0 Å². The minimum absolute atomic E-state index is 0.0154. The molecule has 4 rings (SSSR count). The largest absolute Gasteiger partial charge is 0.539 e. The van der Waals surface area contributed by atoms with Gasteiger partial charge in [-0.1, -0.05) is 0 Å². The fourth-order valence-electron chi connectivity index (χ4n) is 4.56. The lowest BCUT2D eigenvalue weighted by atomic mass is 10.2. The van der Waals surface area contributed by atoms with Gasteiger partial charge in [0.25, 0.3) is 0 Å². The van der Waals surface area contributed by atoms with Crippen LogP contribution in [0.5, 0.6) is 11.5 Å². The normalized spacial score (nSPS) is 12.5. The van der Waals surface area contributed by atoms with Crippen LogP contribution in [0.2, 0.25) is 0 Å². The van der Waals surface area contributed by atoms with Crippen molar-refractivity contribution in [3.05, 3.63) is 64.1 Å². The van der Waals surface area contributed by atoms with Crippen molar-refractivity contribution in [2.24, 2.45) is 0 Å². The van der Waals surface area contributed by atoms with Crippen molar-refractivity contribution >= 4 is 58.6 Å². The predicted octanol–water partition coefficient (Wildman–Crippen LogP) is -2.73. The number of ether oxygens (including phenoxy) is 2. The molecule has 0 atom stereocenters. The first-order valence-electron chi connectivity index (χ1n) is 15.2. The molecule has 0 saturated carbocycles. The average molecular weight is 737 g/mol. The number of nitro groups is 1. The number of thioether (sulfide) groups is 1. The number of hydrogen-bond donors (Lipinski definition) is 5. The van der Waals surface area contributed by atoms with Crippen molar-refractivity contribution in [2.75, 3.05) is 77.0 Å². The third-order valence-corrected chi connectivity index (χ3v) is 7.87. The number of carbonyl (C=O) groups is 4. The lowest BCUT2D eigenvalue weighted by Crippen LogP contribution is -3.10. The second-order valence-electron chi connectivity index (χ2n) is 10.9. The van der Waals surface area contributed by atoms with Gasteiger partial charge in [-0.15, -0.1) is 0 Å². The monoisotopic (exact) mass is 736 g/mol. The van der Waals surface area contributed by atoms with E-state index in [0.29, 0.717) is 12.4 Å². The number of carbonyl (C=O) groups excluding carboxylic acids is 2. The molecule has 19 nitrogen and oxygen atoms in total. The van der Waals surface area contributed by atoms with E-state index in [1.165, 1.54) is 9.80 Å². The Morgan fingerprint density at radius 1 is 0.980 bits per heavy atom. The lowest BCUT2D eigenvalue weighted by molar-refractivity contribution is -0.873. The molecule has 3 heterocycles. The molecule has 0 radical (unpaired) electrons. The number of furan rings is 1. The molecule has 20 heteroatoms. The molecule has 278 valence electrons. The van der Waals surface area contributed by atoms with Gasteiger partial charge in [-0.3, -0.25) is 15.0 Å². The summed E-state index contributed by atoms with van der Waals surface area (Å²) in [5, 5.41) is 47.5. The first kappa shape index (κ1) is 41.6. The molecule has 5 N–H and O–H groups in total. The highest BCUT2D eigenvalue weighted by atomic mass is 32.2. The van der Waals surface area contributed by atoms with Crippen molar-refractivity contribution in [2.45, 2.75) is 12.3 Å². The summed E-state index contributed by atoms with van der Waals surface area (Å²) < 4.78 is 16.7. The molecular weight excluding hydrogens is 696 g/mol. The van der Waals surface area contributed by atoms with Gasteiger partial charge in [-0.25, -0.2) is 14.6 Å². The van der Waals surface area contributed by atoms with Crippen LogP contribution in [0.1, 0.15) is 11.5 Å². The summed E-state index contributed by atoms with van der Waals surface area (Å²) in [6.45, 7) is 4.68. The van der Waals surface area contributed by atoms with Crippen LogP contribution in [0.4, 0.5) is 23.0 Å². The molecule has 51 heavy (non-hydrogen) atoms. The highest BCUT2D eigenvalue weighted by molar-refractivity contribution is 7.98.